The van der Waals surface area contributed by atoms with Crippen molar-refractivity contribution in [1.29, 1.82) is 0 Å². The molecule has 0 saturated carbocycles. The zero-order valence-corrected chi connectivity index (χ0v) is 11.7. The number of nitrogens with one attached hydrogen (secondary N) is 1. The normalized spacial score (nSPS) is 19.2. The molecule has 6 nitrogen and oxygen atoms in total. The van der Waals surface area contributed by atoms with Gasteiger partial charge in [-0.3, -0.25) is 10.1 Å². The van der Waals surface area contributed by atoms with Gasteiger partial charge >= 0.3 is 0 Å². The van der Waals surface area contributed by atoms with E-state index in [2.05, 4.69) is 10.3 Å². The minimum absolute atomic E-state index is 0.0892. The van der Waals surface area contributed by atoms with E-state index in [1.54, 1.807) is 6.20 Å². The summed E-state index contributed by atoms with van der Waals surface area (Å²) in [5.41, 5.74) is 0. The second-order valence-electron chi connectivity index (χ2n) is 4.86. The molecule has 106 valence electrons. The summed E-state index contributed by atoms with van der Waals surface area (Å²) in [6.07, 6.45) is 1.68. The third kappa shape index (κ3) is 3.54. The molecule has 1 aliphatic rings. The van der Waals surface area contributed by atoms with Crippen LogP contribution in [0.3, 0.4) is 0 Å². The van der Waals surface area contributed by atoms with E-state index < -0.39 is 0 Å². The molecule has 2 atom stereocenters. The summed E-state index contributed by atoms with van der Waals surface area (Å²) in [6.45, 7) is 8.22. The highest BCUT2D eigenvalue weighted by molar-refractivity contribution is 5.81. The van der Waals surface area contributed by atoms with Crippen molar-refractivity contribution in [3.63, 3.8) is 0 Å². The van der Waals surface area contributed by atoms with Crippen LogP contribution >= 0.6 is 0 Å². The first-order valence-electron chi connectivity index (χ1n) is 6.63. The Hall–Kier alpha value is -1.40. The Kier molecular flexibility index (Phi) is 4.55. The lowest BCUT2D eigenvalue weighted by atomic mass is 10.2. The molecule has 1 aromatic heterocycles. The number of hydrogen-bond acceptors (Lipinski definition) is 5. The molecule has 1 fully saturated rings. The highest BCUT2D eigenvalue weighted by atomic mass is 16.5. The van der Waals surface area contributed by atoms with Crippen LogP contribution in [0.1, 0.15) is 31.5 Å². The summed E-state index contributed by atoms with van der Waals surface area (Å²) in [5, 5.41) is 3.22. The van der Waals surface area contributed by atoms with Gasteiger partial charge in [-0.2, -0.15) is 0 Å². The van der Waals surface area contributed by atoms with Crippen molar-refractivity contribution in [2.24, 2.45) is 0 Å². The van der Waals surface area contributed by atoms with Gasteiger partial charge in [-0.15, -0.1) is 0 Å². The Balaban J connectivity index is 1.89. The fraction of sp³-hybridized carbons (Fsp3) is 0.692. The lowest BCUT2D eigenvalue weighted by Gasteiger charge is -2.30. The standard InChI is InChI=1S/C13H21N3O3/c1-9-8-14-12(19-9)10(2)15-11(3)13(17)16-4-6-18-7-5-16/h8,10-11,15H,4-7H2,1-3H3. The van der Waals surface area contributed by atoms with E-state index in [4.69, 9.17) is 9.15 Å². The van der Waals surface area contributed by atoms with Crippen molar-refractivity contribution in [2.75, 3.05) is 26.3 Å². The second kappa shape index (κ2) is 6.16. The van der Waals surface area contributed by atoms with E-state index in [0.29, 0.717) is 32.2 Å². The van der Waals surface area contributed by atoms with Gasteiger partial charge in [0.2, 0.25) is 11.8 Å². The van der Waals surface area contributed by atoms with Crippen molar-refractivity contribution in [3.05, 3.63) is 17.8 Å². The molecule has 0 radical (unpaired) electrons. The van der Waals surface area contributed by atoms with Gasteiger partial charge in [-0.25, -0.2) is 4.98 Å². The third-order valence-corrected chi connectivity index (χ3v) is 3.20. The van der Waals surface area contributed by atoms with Crippen LogP contribution in [0, 0.1) is 6.92 Å². The molecular weight excluding hydrogens is 246 g/mol. The van der Waals surface area contributed by atoms with Crippen LogP contribution in [0.25, 0.3) is 0 Å². The van der Waals surface area contributed by atoms with Crippen LogP contribution in [0.4, 0.5) is 0 Å². The molecule has 19 heavy (non-hydrogen) atoms. The molecule has 0 aliphatic carbocycles. The predicted molar refractivity (Wildman–Crippen MR) is 69.7 cm³/mol. The average molecular weight is 267 g/mol. The Bertz CT molecular complexity index is 427. The maximum absolute atomic E-state index is 12.2. The number of rotatable bonds is 4. The quantitative estimate of drug-likeness (QED) is 0.877. The highest BCUT2D eigenvalue weighted by Gasteiger charge is 2.24. The van der Waals surface area contributed by atoms with Crippen molar-refractivity contribution < 1.29 is 13.9 Å². The second-order valence-corrected chi connectivity index (χ2v) is 4.86. The predicted octanol–water partition coefficient (Wildman–Crippen LogP) is 0.881. The molecule has 1 saturated heterocycles. The number of hydrogen-bond donors (Lipinski definition) is 1. The first-order valence-corrected chi connectivity index (χ1v) is 6.63. The van der Waals surface area contributed by atoms with Gasteiger partial charge in [-0.1, -0.05) is 0 Å². The zero-order chi connectivity index (χ0) is 13.8. The highest BCUT2D eigenvalue weighted by Crippen LogP contribution is 2.13. The number of aromatic nitrogens is 1. The van der Waals surface area contributed by atoms with Crippen molar-refractivity contribution >= 4 is 5.91 Å². The summed E-state index contributed by atoms with van der Waals surface area (Å²) in [6, 6.07) is -0.353. The maximum atomic E-state index is 12.2. The fourth-order valence-corrected chi connectivity index (χ4v) is 2.15. The Morgan fingerprint density at radius 1 is 1.42 bits per heavy atom. The lowest BCUT2D eigenvalue weighted by molar-refractivity contribution is -0.137. The number of amides is 1. The van der Waals surface area contributed by atoms with Crippen molar-refractivity contribution in [3.8, 4) is 0 Å². The Morgan fingerprint density at radius 2 is 2.11 bits per heavy atom. The molecule has 1 amide bonds. The third-order valence-electron chi connectivity index (χ3n) is 3.20. The Morgan fingerprint density at radius 3 is 2.68 bits per heavy atom. The summed E-state index contributed by atoms with van der Waals surface area (Å²) in [4.78, 5) is 18.2. The molecule has 1 aromatic rings. The molecule has 2 rings (SSSR count). The monoisotopic (exact) mass is 267 g/mol. The summed E-state index contributed by atoms with van der Waals surface area (Å²) in [7, 11) is 0. The van der Waals surface area contributed by atoms with Crippen LogP contribution in [0.15, 0.2) is 10.6 Å². The Labute approximate surface area is 113 Å². The summed E-state index contributed by atoms with van der Waals surface area (Å²) in [5.74, 6) is 1.48. The van der Waals surface area contributed by atoms with Crippen LogP contribution in [-0.4, -0.2) is 48.1 Å². The molecule has 0 aromatic carbocycles. The van der Waals surface area contributed by atoms with Gasteiger partial charge in [0, 0.05) is 13.1 Å². The first-order chi connectivity index (χ1) is 9.08. The molecule has 2 unspecified atom stereocenters. The van der Waals surface area contributed by atoms with E-state index in [1.165, 1.54) is 0 Å². The largest absolute Gasteiger partial charge is 0.444 e. The molecule has 0 bridgehead atoms. The van der Waals surface area contributed by atoms with Gasteiger partial charge in [0.15, 0.2) is 0 Å². The summed E-state index contributed by atoms with van der Waals surface area (Å²) < 4.78 is 10.7. The summed E-state index contributed by atoms with van der Waals surface area (Å²) >= 11 is 0. The van der Waals surface area contributed by atoms with Crippen molar-refractivity contribution in [1.82, 2.24) is 15.2 Å². The number of aryl methyl sites for hydroxylation is 1. The van der Waals surface area contributed by atoms with E-state index in [9.17, 15) is 4.79 Å². The first kappa shape index (κ1) is 14.0. The van der Waals surface area contributed by atoms with E-state index in [-0.39, 0.29) is 18.0 Å². The molecule has 2 heterocycles. The number of nitrogens with zero attached hydrogens (tertiary/aromatic N) is 2. The molecule has 1 N–H and O–H groups in total. The van der Waals surface area contributed by atoms with Gasteiger partial charge in [0.25, 0.3) is 0 Å². The van der Waals surface area contributed by atoms with Crippen LogP contribution in [-0.2, 0) is 9.53 Å². The minimum Gasteiger partial charge on any atom is -0.444 e. The molecule has 1 aliphatic heterocycles. The molecule has 0 spiro atoms. The average Bonchev–Trinajstić information content (AvgIpc) is 2.85. The minimum atomic E-state index is -0.264. The van der Waals surface area contributed by atoms with Gasteiger partial charge in [0.05, 0.1) is 31.5 Å². The van der Waals surface area contributed by atoms with Gasteiger partial charge in [0.1, 0.15) is 5.76 Å². The number of carbonyl (C=O) groups is 1. The van der Waals surface area contributed by atoms with E-state index in [1.807, 2.05) is 25.7 Å². The number of oxazole rings is 1. The zero-order valence-electron chi connectivity index (χ0n) is 11.7. The topological polar surface area (TPSA) is 67.6 Å². The number of morpholine rings is 1. The fourth-order valence-electron chi connectivity index (χ4n) is 2.15. The van der Waals surface area contributed by atoms with Crippen LogP contribution in [0.5, 0.6) is 0 Å². The number of ether oxygens (including phenoxy) is 1. The molecule has 6 heteroatoms. The van der Waals surface area contributed by atoms with Crippen LogP contribution < -0.4 is 5.32 Å². The van der Waals surface area contributed by atoms with Gasteiger partial charge in [-0.05, 0) is 20.8 Å². The number of carbonyl (C=O) groups excluding carboxylic acids is 1. The maximum Gasteiger partial charge on any atom is 0.239 e. The smallest absolute Gasteiger partial charge is 0.239 e. The van der Waals surface area contributed by atoms with Crippen molar-refractivity contribution in [2.45, 2.75) is 32.9 Å². The molecular formula is C13H21N3O3. The lowest BCUT2D eigenvalue weighted by Crippen LogP contribution is -2.49. The van der Waals surface area contributed by atoms with E-state index >= 15 is 0 Å². The SMILES string of the molecule is Cc1cnc(C(C)NC(C)C(=O)N2CCOCC2)o1. The van der Waals surface area contributed by atoms with E-state index in [0.717, 1.165) is 5.76 Å². The van der Waals surface area contributed by atoms with Crippen LogP contribution in [0.2, 0.25) is 0 Å². The van der Waals surface area contributed by atoms with Gasteiger partial charge < -0.3 is 14.1 Å².